The lowest BCUT2D eigenvalue weighted by Crippen LogP contribution is -2.26. The number of aromatic nitrogens is 2. The maximum atomic E-state index is 6.70. The van der Waals surface area contributed by atoms with Gasteiger partial charge in [0.1, 0.15) is 11.5 Å². The topological polar surface area (TPSA) is 35.0 Å². The Hall–Kier alpha value is -1.90. The van der Waals surface area contributed by atoms with Gasteiger partial charge >= 0.3 is 0 Å². The summed E-state index contributed by atoms with van der Waals surface area (Å²) in [5, 5.41) is 0. The van der Waals surface area contributed by atoms with Crippen molar-refractivity contribution in [3.05, 3.63) is 47.0 Å². The highest BCUT2D eigenvalue weighted by Crippen LogP contribution is 2.44. The fourth-order valence-corrected chi connectivity index (χ4v) is 11.7. The van der Waals surface area contributed by atoms with E-state index in [9.17, 15) is 0 Å². The van der Waals surface area contributed by atoms with Crippen LogP contribution in [0.1, 0.15) is 204 Å². The number of pyridine rings is 2. The molecule has 0 bridgehead atoms. The van der Waals surface area contributed by atoms with Crippen LogP contribution in [0.15, 0.2) is 24.5 Å². The first-order chi connectivity index (χ1) is 26.0. The standard InChI is InChI=1S/C50H80N2O/c1-5-9-11-13-49-45(31-39-19-27-43(28-20-39)41-23-15-37(7-3)16-24-41)33-47(35-51-49)53-48-34-46(50(52-36-48)14-12-10-6-2)32-40-21-29-44(30-22-40)42-25-17-38(8-4)18-26-42/h33-44H,5-32H2,1-4H3. The van der Waals surface area contributed by atoms with Gasteiger partial charge in [0, 0.05) is 11.4 Å². The quantitative estimate of drug-likeness (QED) is 0.144. The van der Waals surface area contributed by atoms with Gasteiger partial charge in [-0.3, -0.25) is 9.97 Å². The SMILES string of the molecule is CCCCCc1ncc(Oc2cnc(CCCCC)c(CC3CCC(C4CCC(CC)CC4)CC3)c2)cc1CC1CCC(C2CCC(CC)CC2)CC1. The zero-order valence-corrected chi connectivity index (χ0v) is 35.0. The van der Waals surface area contributed by atoms with E-state index in [1.807, 2.05) is 12.4 Å². The number of hydrogen-bond donors (Lipinski definition) is 0. The van der Waals surface area contributed by atoms with Crippen LogP contribution >= 0.6 is 0 Å². The first kappa shape index (κ1) is 40.8. The van der Waals surface area contributed by atoms with Gasteiger partial charge < -0.3 is 4.74 Å². The van der Waals surface area contributed by atoms with Crippen molar-refractivity contribution in [1.82, 2.24) is 9.97 Å². The molecule has 0 saturated heterocycles. The van der Waals surface area contributed by atoms with Crippen molar-refractivity contribution in [3.8, 4) is 11.5 Å². The molecule has 53 heavy (non-hydrogen) atoms. The van der Waals surface area contributed by atoms with E-state index in [0.29, 0.717) is 0 Å². The lowest BCUT2D eigenvalue weighted by molar-refractivity contribution is 0.145. The van der Waals surface area contributed by atoms with E-state index in [1.165, 1.54) is 189 Å². The molecule has 2 aromatic rings. The Labute approximate surface area is 327 Å². The Balaban J connectivity index is 1.09. The summed E-state index contributed by atoms with van der Waals surface area (Å²) in [6.45, 7) is 9.40. The Morgan fingerprint density at radius 3 is 1.11 bits per heavy atom. The van der Waals surface area contributed by atoms with E-state index in [0.717, 1.165) is 71.7 Å². The van der Waals surface area contributed by atoms with Gasteiger partial charge in [0.25, 0.3) is 0 Å². The molecular weight excluding hydrogens is 645 g/mol. The molecule has 0 aliphatic heterocycles. The van der Waals surface area contributed by atoms with Crippen molar-refractivity contribution in [3.63, 3.8) is 0 Å². The predicted octanol–water partition coefficient (Wildman–Crippen LogP) is 14.9. The summed E-state index contributed by atoms with van der Waals surface area (Å²) in [6.07, 6.45) is 42.2. The molecule has 0 amide bonds. The summed E-state index contributed by atoms with van der Waals surface area (Å²) in [4.78, 5) is 10.2. The van der Waals surface area contributed by atoms with Crippen LogP contribution in [-0.4, -0.2) is 9.97 Å². The van der Waals surface area contributed by atoms with E-state index < -0.39 is 0 Å². The summed E-state index contributed by atoms with van der Waals surface area (Å²) >= 11 is 0. The van der Waals surface area contributed by atoms with E-state index in [1.54, 1.807) is 0 Å². The minimum atomic E-state index is 0.789. The predicted molar refractivity (Wildman–Crippen MR) is 225 cm³/mol. The smallest absolute Gasteiger partial charge is 0.146 e. The molecule has 4 fully saturated rings. The van der Waals surface area contributed by atoms with Crippen molar-refractivity contribution in [2.24, 2.45) is 47.3 Å². The Morgan fingerprint density at radius 1 is 0.453 bits per heavy atom. The molecule has 0 spiro atoms. The Kier molecular flexibility index (Phi) is 16.5. The van der Waals surface area contributed by atoms with Crippen LogP contribution in [0.25, 0.3) is 0 Å². The van der Waals surface area contributed by atoms with Gasteiger partial charge in [0.2, 0.25) is 0 Å². The lowest BCUT2D eigenvalue weighted by atomic mass is 9.68. The fraction of sp³-hybridized carbons (Fsp3) is 0.800. The van der Waals surface area contributed by atoms with Gasteiger partial charge in [-0.05, 0) is 186 Å². The summed E-state index contributed by atoms with van der Waals surface area (Å²) in [5.41, 5.74) is 5.56. The van der Waals surface area contributed by atoms with Gasteiger partial charge in [-0.1, -0.05) is 91.9 Å². The highest BCUT2D eigenvalue weighted by Gasteiger charge is 2.32. The summed E-state index contributed by atoms with van der Waals surface area (Å²) < 4.78 is 6.70. The van der Waals surface area contributed by atoms with Crippen LogP contribution in [0.4, 0.5) is 0 Å². The number of rotatable bonds is 18. The zero-order chi connectivity index (χ0) is 36.8. The normalized spacial score (nSPS) is 29.6. The number of unbranched alkanes of at least 4 members (excludes halogenated alkanes) is 4. The average Bonchev–Trinajstić information content (AvgIpc) is 3.20. The van der Waals surface area contributed by atoms with Gasteiger partial charge in [-0.15, -0.1) is 0 Å². The van der Waals surface area contributed by atoms with Gasteiger partial charge in [0.05, 0.1) is 12.4 Å². The van der Waals surface area contributed by atoms with Gasteiger partial charge in [0.15, 0.2) is 0 Å². The largest absolute Gasteiger partial charge is 0.454 e. The summed E-state index contributed by atoms with van der Waals surface area (Å²) in [6, 6.07) is 4.74. The van der Waals surface area contributed by atoms with Crippen molar-refractivity contribution in [2.75, 3.05) is 0 Å². The highest BCUT2D eigenvalue weighted by atomic mass is 16.5. The van der Waals surface area contributed by atoms with Crippen molar-refractivity contribution in [1.29, 1.82) is 0 Å². The molecule has 4 saturated carbocycles. The second kappa shape index (κ2) is 21.4. The van der Waals surface area contributed by atoms with Crippen LogP contribution in [0.5, 0.6) is 11.5 Å². The van der Waals surface area contributed by atoms with Crippen molar-refractivity contribution >= 4 is 0 Å². The summed E-state index contributed by atoms with van der Waals surface area (Å²) in [7, 11) is 0. The highest BCUT2D eigenvalue weighted by molar-refractivity contribution is 5.36. The molecule has 6 rings (SSSR count). The van der Waals surface area contributed by atoms with Crippen LogP contribution < -0.4 is 4.74 Å². The van der Waals surface area contributed by atoms with Crippen LogP contribution in [-0.2, 0) is 25.7 Å². The number of hydrogen-bond acceptors (Lipinski definition) is 3. The molecular formula is C50H80N2O. The molecule has 0 aromatic carbocycles. The molecule has 0 atom stereocenters. The molecule has 4 aliphatic carbocycles. The number of ether oxygens (including phenoxy) is 1. The van der Waals surface area contributed by atoms with Crippen molar-refractivity contribution < 1.29 is 4.74 Å². The first-order valence-electron chi connectivity index (χ1n) is 23.7. The van der Waals surface area contributed by atoms with Gasteiger partial charge in [-0.25, -0.2) is 0 Å². The molecule has 0 unspecified atom stereocenters. The molecule has 4 aliphatic rings. The fourth-order valence-electron chi connectivity index (χ4n) is 11.7. The summed E-state index contributed by atoms with van der Waals surface area (Å²) in [5.74, 6) is 9.37. The molecule has 3 heteroatoms. The molecule has 2 heterocycles. The van der Waals surface area contributed by atoms with Gasteiger partial charge in [-0.2, -0.15) is 0 Å². The Morgan fingerprint density at radius 2 is 0.792 bits per heavy atom. The first-order valence-corrected chi connectivity index (χ1v) is 23.7. The number of nitrogens with zero attached hydrogens (tertiary/aromatic N) is 2. The minimum Gasteiger partial charge on any atom is -0.454 e. The van der Waals surface area contributed by atoms with Crippen LogP contribution in [0.3, 0.4) is 0 Å². The maximum absolute atomic E-state index is 6.70. The second-order valence-corrected chi connectivity index (χ2v) is 18.9. The van der Waals surface area contributed by atoms with Crippen molar-refractivity contribution in [2.45, 2.75) is 207 Å². The third-order valence-electron chi connectivity index (χ3n) is 15.4. The lowest BCUT2D eigenvalue weighted by Gasteiger charge is -2.38. The zero-order valence-electron chi connectivity index (χ0n) is 35.0. The molecule has 2 aromatic heterocycles. The number of aryl methyl sites for hydroxylation is 2. The van der Waals surface area contributed by atoms with E-state index in [4.69, 9.17) is 14.7 Å². The monoisotopic (exact) mass is 725 g/mol. The molecule has 0 radical (unpaired) electrons. The third-order valence-corrected chi connectivity index (χ3v) is 15.4. The molecule has 296 valence electrons. The second-order valence-electron chi connectivity index (χ2n) is 18.9. The third kappa shape index (κ3) is 12.0. The maximum Gasteiger partial charge on any atom is 0.146 e. The van der Waals surface area contributed by atoms with E-state index in [2.05, 4.69) is 39.8 Å². The van der Waals surface area contributed by atoms with Crippen LogP contribution in [0, 0.1) is 47.3 Å². The van der Waals surface area contributed by atoms with Crippen LogP contribution in [0.2, 0.25) is 0 Å². The average molecular weight is 725 g/mol. The molecule has 0 N–H and O–H groups in total. The van der Waals surface area contributed by atoms with E-state index in [-0.39, 0.29) is 0 Å². The minimum absolute atomic E-state index is 0.789. The van der Waals surface area contributed by atoms with E-state index >= 15 is 0 Å². The Bertz CT molecular complexity index is 1220. The molecule has 3 nitrogen and oxygen atoms in total.